The summed E-state index contributed by atoms with van der Waals surface area (Å²) in [5.41, 5.74) is 6.46. The summed E-state index contributed by atoms with van der Waals surface area (Å²) < 4.78 is 16.5. The maximum absolute atomic E-state index is 11.3. The van der Waals surface area contributed by atoms with Crippen LogP contribution in [0.1, 0.15) is 6.42 Å². The van der Waals surface area contributed by atoms with Crippen molar-refractivity contribution in [2.75, 3.05) is 51.1 Å². The SMILES string of the molecule is COc1cc2nc(N3CCC4(CNC(=O)CO4)C3)nc(N)c2cc1OC. The highest BCUT2D eigenvalue weighted by molar-refractivity contribution is 5.91. The van der Waals surface area contributed by atoms with Crippen molar-refractivity contribution in [3.8, 4) is 11.5 Å². The van der Waals surface area contributed by atoms with Crippen molar-refractivity contribution in [1.29, 1.82) is 0 Å². The lowest BCUT2D eigenvalue weighted by molar-refractivity contribution is -0.141. The van der Waals surface area contributed by atoms with Gasteiger partial charge in [-0.05, 0) is 12.5 Å². The molecule has 1 spiro atoms. The monoisotopic (exact) mass is 359 g/mol. The zero-order valence-corrected chi connectivity index (χ0v) is 14.7. The van der Waals surface area contributed by atoms with E-state index in [4.69, 9.17) is 19.9 Å². The molecular weight excluding hydrogens is 338 g/mol. The lowest BCUT2D eigenvalue weighted by Gasteiger charge is -2.33. The van der Waals surface area contributed by atoms with Gasteiger partial charge in [0.2, 0.25) is 11.9 Å². The van der Waals surface area contributed by atoms with E-state index in [0.717, 1.165) is 13.0 Å². The first-order valence-corrected chi connectivity index (χ1v) is 8.38. The van der Waals surface area contributed by atoms with E-state index in [1.54, 1.807) is 26.4 Å². The average Bonchev–Trinajstić information content (AvgIpc) is 3.07. The Morgan fingerprint density at radius 1 is 1.27 bits per heavy atom. The molecule has 0 aliphatic carbocycles. The van der Waals surface area contributed by atoms with Gasteiger partial charge >= 0.3 is 0 Å². The number of carbonyl (C=O) groups is 1. The smallest absolute Gasteiger partial charge is 0.246 e. The number of hydrogen-bond acceptors (Lipinski definition) is 8. The van der Waals surface area contributed by atoms with Crippen LogP contribution in [0.5, 0.6) is 11.5 Å². The van der Waals surface area contributed by atoms with Crippen LogP contribution in [0.15, 0.2) is 12.1 Å². The van der Waals surface area contributed by atoms with Crippen LogP contribution in [0.4, 0.5) is 11.8 Å². The van der Waals surface area contributed by atoms with Gasteiger partial charge in [0.05, 0.1) is 26.3 Å². The van der Waals surface area contributed by atoms with Gasteiger partial charge in [0, 0.05) is 24.5 Å². The van der Waals surface area contributed by atoms with E-state index in [1.165, 1.54) is 0 Å². The molecule has 0 saturated carbocycles. The second kappa shape index (κ2) is 6.17. The van der Waals surface area contributed by atoms with Crippen LogP contribution in [0, 0.1) is 0 Å². The Morgan fingerprint density at radius 2 is 2.04 bits per heavy atom. The number of morpholine rings is 1. The summed E-state index contributed by atoms with van der Waals surface area (Å²) in [6, 6.07) is 3.57. The fourth-order valence-electron chi connectivity index (χ4n) is 3.47. The Morgan fingerprint density at radius 3 is 2.73 bits per heavy atom. The topological polar surface area (TPSA) is 112 Å². The van der Waals surface area contributed by atoms with E-state index in [2.05, 4.69) is 15.3 Å². The number of nitrogen functional groups attached to an aromatic ring is 1. The van der Waals surface area contributed by atoms with Gasteiger partial charge in [0.1, 0.15) is 18.0 Å². The van der Waals surface area contributed by atoms with Gasteiger partial charge < -0.3 is 30.2 Å². The van der Waals surface area contributed by atoms with E-state index < -0.39 is 5.60 Å². The predicted molar refractivity (Wildman–Crippen MR) is 95.6 cm³/mol. The third-order valence-corrected chi connectivity index (χ3v) is 4.94. The van der Waals surface area contributed by atoms with Crippen LogP contribution in [-0.2, 0) is 9.53 Å². The van der Waals surface area contributed by atoms with Crippen molar-refractivity contribution in [3.05, 3.63) is 12.1 Å². The highest BCUT2D eigenvalue weighted by atomic mass is 16.5. The molecule has 0 bridgehead atoms. The van der Waals surface area contributed by atoms with Crippen molar-refractivity contribution < 1.29 is 19.0 Å². The molecule has 1 aromatic heterocycles. The Hall–Kier alpha value is -2.81. The van der Waals surface area contributed by atoms with Crippen molar-refractivity contribution >= 4 is 28.6 Å². The van der Waals surface area contributed by atoms with E-state index in [1.807, 2.05) is 4.90 Å². The molecule has 9 heteroatoms. The summed E-state index contributed by atoms with van der Waals surface area (Å²) in [4.78, 5) is 22.5. The maximum atomic E-state index is 11.3. The van der Waals surface area contributed by atoms with Gasteiger partial charge in [0.25, 0.3) is 0 Å². The summed E-state index contributed by atoms with van der Waals surface area (Å²) in [7, 11) is 3.15. The number of nitrogens with two attached hydrogens (primary N) is 1. The molecule has 3 N–H and O–H groups in total. The molecule has 2 aromatic rings. The van der Waals surface area contributed by atoms with Gasteiger partial charge in [-0.15, -0.1) is 0 Å². The zero-order chi connectivity index (χ0) is 18.3. The molecule has 1 atom stereocenters. The molecule has 3 heterocycles. The number of anilines is 2. The zero-order valence-electron chi connectivity index (χ0n) is 14.7. The van der Waals surface area contributed by atoms with Crippen molar-refractivity contribution in [1.82, 2.24) is 15.3 Å². The molecule has 1 aromatic carbocycles. The highest BCUT2D eigenvalue weighted by Gasteiger charge is 2.43. The second-order valence-corrected chi connectivity index (χ2v) is 6.55. The first-order valence-electron chi connectivity index (χ1n) is 8.38. The number of ether oxygens (including phenoxy) is 3. The lowest BCUT2D eigenvalue weighted by Crippen LogP contribution is -2.53. The molecule has 2 aliphatic heterocycles. The molecule has 2 aliphatic rings. The molecule has 1 amide bonds. The lowest BCUT2D eigenvalue weighted by atomic mass is 10.0. The van der Waals surface area contributed by atoms with Gasteiger partial charge in [-0.3, -0.25) is 4.79 Å². The number of methoxy groups -OCH3 is 2. The van der Waals surface area contributed by atoms with Crippen LogP contribution in [-0.4, -0.2) is 61.9 Å². The van der Waals surface area contributed by atoms with Crippen LogP contribution in [0.3, 0.4) is 0 Å². The Balaban J connectivity index is 1.66. The highest BCUT2D eigenvalue weighted by Crippen LogP contribution is 2.35. The van der Waals surface area contributed by atoms with Crippen molar-refractivity contribution in [3.63, 3.8) is 0 Å². The summed E-state index contributed by atoms with van der Waals surface area (Å²) in [5, 5.41) is 3.58. The number of fused-ring (bicyclic) bond motifs is 1. The third kappa shape index (κ3) is 2.74. The Kier molecular flexibility index (Phi) is 3.95. The number of carbonyl (C=O) groups excluding carboxylic acids is 1. The van der Waals surface area contributed by atoms with E-state index in [0.29, 0.717) is 47.3 Å². The van der Waals surface area contributed by atoms with Crippen molar-refractivity contribution in [2.24, 2.45) is 0 Å². The van der Waals surface area contributed by atoms with Gasteiger partial charge in [-0.25, -0.2) is 4.98 Å². The van der Waals surface area contributed by atoms with Crippen molar-refractivity contribution in [2.45, 2.75) is 12.0 Å². The summed E-state index contributed by atoms with van der Waals surface area (Å²) in [6.45, 7) is 1.92. The first kappa shape index (κ1) is 16.6. The standard InChI is InChI=1S/C17H21N5O4/c1-24-12-5-10-11(6-13(12)25-2)20-16(21-15(10)18)22-4-3-17(9-22)8-19-14(23)7-26-17/h5-6H,3-4,7-9H2,1-2H3,(H,19,23)(H2,18,20,21). The second-order valence-electron chi connectivity index (χ2n) is 6.55. The molecule has 9 nitrogen and oxygen atoms in total. The molecular formula is C17H21N5O4. The number of benzene rings is 1. The first-order chi connectivity index (χ1) is 12.5. The maximum Gasteiger partial charge on any atom is 0.246 e. The third-order valence-electron chi connectivity index (χ3n) is 4.94. The number of rotatable bonds is 3. The number of amides is 1. The van der Waals surface area contributed by atoms with Gasteiger partial charge in [-0.2, -0.15) is 4.98 Å². The summed E-state index contributed by atoms with van der Waals surface area (Å²) in [6.07, 6.45) is 0.792. The van der Waals surface area contributed by atoms with E-state index in [-0.39, 0.29) is 12.5 Å². The largest absolute Gasteiger partial charge is 0.493 e. The van der Waals surface area contributed by atoms with Crippen LogP contribution in [0.2, 0.25) is 0 Å². The predicted octanol–water partition coefficient (Wildman–Crippen LogP) is 0.325. The number of aromatic nitrogens is 2. The molecule has 4 rings (SSSR count). The number of nitrogens with one attached hydrogen (secondary N) is 1. The van der Waals surface area contributed by atoms with Gasteiger partial charge in [-0.1, -0.05) is 0 Å². The minimum absolute atomic E-state index is 0.0821. The fraction of sp³-hybridized carbons (Fsp3) is 0.471. The molecule has 2 fully saturated rings. The molecule has 2 saturated heterocycles. The quantitative estimate of drug-likeness (QED) is 0.806. The van der Waals surface area contributed by atoms with Gasteiger partial charge in [0.15, 0.2) is 11.5 Å². The van der Waals surface area contributed by atoms with Crippen LogP contribution < -0.4 is 25.4 Å². The Bertz CT molecular complexity index is 862. The molecule has 1 unspecified atom stereocenters. The minimum atomic E-state index is -0.390. The fourth-order valence-corrected chi connectivity index (χ4v) is 3.47. The summed E-state index contributed by atoms with van der Waals surface area (Å²) >= 11 is 0. The molecule has 138 valence electrons. The molecule has 26 heavy (non-hydrogen) atoms. The minimum Gasteiger partial charge on any atom is -0.493 e. The average molecular weight is 359 g/mol. The van der Waals surface area contributed by atoms with E-state index in [9.17, 15) is 4.79 Å². The number of nitrogens with zero attached hydrogens (tertiary/aromatic N) is 3. The van der Waals surface area contributed by atoms with Crippen LogP contribution >= 0.6 is 0 Å². The van der Waals surface area contributed by atoms with E-state index >= 15 is 0 Å². The van der Waals surface area contributed by atoms with Crippen LogP contribution in [0.25, 0.3) is 10.9 Å². The normalized spacial score (nSPS) is 22.7. The Labute approximate surface area is 150 Å². The summed E-state index contributed by atoms with van der Waals surface area (Å²) in [5.74, 6) is 2.00. The number of hydrogen-bond donors (Lipinski definition) is 2. The molecule has 0 radical (unpaired) electrons.